The maximum absolute atomic E-state index is 6.06. The summed E-state index contributed by atoms with van der Waals surface area (Å²) in [6.07, 6.45) is 0. The number of halogens is 1. The molecule has 0 saturated heterocycles. The van der Waals surface area contributed by atoms with Crippen LogP contribution in [0.4, 0.5) is 5.69 Å². The van der Waals surface area contributed by atoms with Gasteiger partial charge in [0.25, 0.3) is 0 Å². The van der Waals surface area contributed by atoms with Crippen molar-refractivity contribution in [1.82, 2.24) is 5.16 Å². The molecule has 0 atom stereocenters. The molecule has 0 aliphatic heterocycles. The summed E-state index contributed by atoms with van der Waals surface area (Å²) in [5, 5.41) is 4.58. The standard InChI is InChI=1S/C11H11ClN2OS/c1-7-5-8(14-15-7)6-16-11-9(12)3-2-4-10(11)13/h2-5H,6,13H2,1H3. The predicted molar refractivity (Wildman–Crippen MR) is 66.7 cm³/mol. The second-order valence-corrected chi connectivity index (χ2v) is 4.77. The van der Waals surface area contributed by atoms with Crippen LogP contribution in [-0.2, 0) is 5.75 Å². The molecule has 0 fully saturated rings. The predicted octanol–water partition coefficient (Wildman–Crippen LogP) is 3.51. The average molecular weight is 255 g/mol. The second-order valence-electron chi connectivity index (χ2n) is 3.38. The van der Waals surface area contributed by atoms with Gasteiger partial charge < -0.3 is 10.3 Å². The van der Waals surface area contributed by atoms with Gasteiger partial charge >= 0.3 is 0 Å². The zero-order chi connectivity index (χ0) is 11.5. The number of nitrogens with two attached hydrogens (primary N) is 1. The highest BCUT2D eigenvalue weighted by molar-refractivity contribution is 7.98. The minimum atomic E-state index is 0.671. The monoisotopic (exact) mass is 254 g/mol. The lowest BCUT2D eigenvalue weighted by Crippen LogP contribution is -1.89. The number of hydrogen-bond acceptors (Lipinski definition) is 4. The lowest BCUT2D eigenvalue weighted by Gasteiger charge is -2.05. The van der Waals surface area contributed by atoms with Crippen LogP contribution in [0.2, 0.25) is 5.02 Å². The normalized spacial score (nSPS) is 10.6. The van der Waals surface area contributed by atoms with Crippen molar-refractivity contribution < 1.29 is 4.52 Å². The third-order valence-corrected chi connectivity index (χ3v) is 3.65. The molecular weight excluding hydrogens is 244 g/mol. The maximum atomic E-state index is 6.06. The first-order valence-electron chi connectivity index (χ1n) is 4.76. The zero-order valence-electron chi connectivity index (χ0n) is 8.74. The summed E-state index contributed by atoms with van der Waals surface area (Å²) in [5.74, 6) is 1.51. The van der Waals surface area contributed by atoms with Crippen LogP contribution in [0.3, 0.4) is 0 Å². The first-order chi connectivity index (χ1) is 7.66. The van der Waals surface area contributed by atoms with E-state index in [1.54, 1.807) is 11.8 Å². The fourth-order valence-corrected chi connectivity index (χ4v) is 2.52. The summed E-state index contributed by atoms with van der Waals surface area (Å²) in [5.41, 5.74) is 7.42. The Balaban J connectivity index is 2.10. The molecule has 1 aromatic heterocycles. The molecule has 0 unspecified atom stereocenters. The summed E-state index contributed by atoms with van der Waals surface area (Å²) < 4.78 is 4.99. The Bertz CT molecular complexity index is 478. The highest BCUT2D eigenvalue weighted by Crippen LogP contribution is 2.34. The summed E-state index contributed by atoms with van der Waals surface area (Å²) in [7, 11) is 0. The minimum absolute atomic E-state index is 0.671. The first-order valence-corrected chi connectivity index (χ1v) is 6.12. The van der Waals surface area contributed by atoms with Crippen LogP contribution in [0, 0.1) is 6.92 Å². The molecule has 5 heteroatoms. The Labute approximate surface area is 103 Å². The number of benzene rings is 1. The van der Waals surface area contributed by atoms with E-state index in [0.717, 1.165) is 16.3 Å². The first kappa shape index (κ1) is 11.4. The molecular formula is C11H11ClN2OS. The Morgan fingerprint density at radius 1 is 1.50 bits per heavy atom. The van der Waals surface area contributed by atoms with Crippen molar-refractivity contribution in [3.05, 3.63) is 40.7 Å². The summed E-state index contributed by atoms with van der Waals surface area (Å²) >= 11 is 7.62. The number of aromatic nitrogens is 1. The number of aryl methyl sites for hydroxylation is 1. The second kappa shape index (κ2) is 4.80. The Morgan fingerprint density at radius 3 is 2.94 bits per heavy atom. The van der Waals surface area contributed by atoms with Crippen molar-refractivity contribution in [2.75, 3.05) is 5.73 Å². The molecule has 3 nitrogen and oxygen atoms in total. The van der Waals surface area contributed by atoms with Crippen molar-refractivity contribution in [3.8, 4) is 0 Å². The molecule has 2 N–H and O–H groups in total. The van der Waals surface area contributed by atoms with E-state index in [1.165, 1.54) is 0 Å². The molecule has 0 aliphatic carbocycles. The van der Waals surface area contributed by atoms with Crippen LogP contribution < -0.4 is 5.73 Å². The Hall–Kier alpha value is -1.13. The smallest absolute Gasteiger partial charge is 0.133 e. The van der Waals surface area contributed by atoms with Crippen LogP contribution >= 0.6 is 23.4 Å². The molecule has 0 aliphatic rings. The molecule has 0 amide bonds. The molecule has 1 aromatic carbocycles. The van der Waals surface area contributed by atoms with Gasteiger partial charge in [0.15, 0.2) is 0 Å². The quantitative estimate of drug-likeness (QED) is 0.673. The molecule has 84 valence electrons. The molecule has 2 aromatic rings. The van der Waals surface area contributed by atoms with Crippen molar-refractivity contribution in [3.63, 3.8) is 0 Å². The van der Waals surface area contributed by atoms with Gasteiger partial charge in [-0.25, -0.2) is 0 Å². The minimum Gasteiger partial charge on any atom is -0.398 e. The number of hydrogen-bond donors (Lipinski definition) is 1. The SMILES string of the molecule is Cc1cc(CSc2c(N)cccc2Cl)no1. The van der Waals surface area contributed by atoms with E-state index in [-0.39, 0.29) is 0 Å². The maximum Gasteiger partial charge on any atom is 0.133 e. The van der Waals surface area contributed by atoms with E-state index < -0.39 is 0 Å². The Kier molecular flexibility index (Phi) is 3.41. The van der Waals surface area contributed by atoms with Crippen molar-refractivity contribution in [2.24, 2.45) is 0 Å². The van der Waals surface area contributed by atoms with Crippen molar-refractivity contribution >= 4 is 29.1 Å². The van der Waals surface area contributed by atoms with Crippen LogP contribution in [0.5, 0.6) is 0 Å². The molecule has 0 saturated carbocycles. The fourth-order valence-electron chi connectivity index (χ4n) is 1.31. The van der Waals surface area contributed by atoms with E-state index in [0.29, 0.717) is 16.5 Å². The highest BCUT2D eigenvalue weighted by atomic mass is 35.5. The van der Waals surface area contributed by atoms with Gasteiger partial charge in [0, 0.05) is 22.4 Å². The summed E-state index contributed by atoms with van der Waals surface area (Å²) in [6.45, 7) is 1.87. The van der Waals surface area contributed by atoms with Crippen LogP contribution in [0.1, 0.15) is 11.5 Å². The topological polar surface area (TPSA) is 52.0 Å². The summed E-state index contributed by atoms with van der Waals surface area (Å²) in [4.78, 5) is 0.893. The molecule has 0 bridgehead atoms. The van der Waals surface area contributed by atoms with Gasteiger partial charge in [-0.05, 0) is 19.1 Å². The number of nitrogens with zero attached hydrogens (tertiary/aromatic N) is 1. The number of anilines is 1. The van der Waals surface area contributed by atoms with Crippen LogP contribution in [0.25, 0.3) is 0 Å². The highest BCUT2D eigenvalue weighted by Gasteiger charge is 2.07. The molecule has 0 radical (unpaired) electrons. The Morgan fingerprint density at radius 2 is 2.31 bits per heavy atom. The lowest BCUT2D eigenvalue weighted by atomic mass is 10.3. The van der Waals surface area contributed by atoms with Crippen LogP contribution in [0.15, 0.2) is 33.7 Å². The van der Waals surface area contributed by atoms with Gasteiger partial charge in [-0.15, -0.1) is 11.8 Å². The largest absolute Gasteiger partial charge is 0.398 e. The van der Waals surface area contributed by atoms with Crippen molar-refractivity contribution in [2.45, 2.75) is 17.6 Å². The number of rotatable bonds is 3. The van der Waals surface area contributed by atoms with Gasteiger partial charge in [0.2, 0.25) is 0 Å². The van der Waals surface area contributed by atoms with E-state index in [1.807, 2.05) is 31.2 Å². The van der Waals surface area contributed by atoms with Gasteiger partial charge in [-0.1, -0.05) is 22.8 Å². The molecule has 16 heavy (non-hydrogen) atoms. The third-order valence-electron chi connectivity index (χ3n) is 2.04. The van der Waals surface area contributed by atoms with Gasteiger partial charge in [-0.3, -0.25) is 0 Å². The number of thioether (sulfide) groups is 1. The molecule has 1 heterocycles. The van der Waals surface area contributed by atoms with Crippen molar-refractivity contribution in [1.29, 1.82) is 0 Å². The number of nitrogen functional groups attached to an aromatic ring is 1. The molecule has 2 rings (SSSR count). The summed E-state index contributed by atoms with van der Waals surface area (Å²) in [6, 6.07) is 7.40. The van der Waals surface area contributed by atoms with E-state index in [2.05, 4.69) is 5.16 Å². The fraction of sp³-hybridized carbons (Fsp3) is 0.182. The van der Waals surface area contributed by atoms with E-state index in [9.17, 15) is 0 Å². The van der Waals surface area contributed by atoms with E-state index in [4.69, 9.17) is 21.9 Å². The van der Waals surface area contributed by atoms with Crippen LogP contribution in [-0.4, -0.2) is 5.16 Å². The van der Waals surface area contributed by atoms with Gasteiger partial charge in [0.05, 0.1) is 10.7 Å². The average Bonchev–Trinajstić information content (AvgIpc) is 2.63. The third kappa shape index (κ3) is 2.51. The van der Waals surface area contributed by atoms with Gasteiger partial charge in [-0.2, -0.15) is 0 Å². The van der Waals surface area contributed by atoms with E-state index >= 15 is 0 Å². The molecule has 0 spiro atoms. The zero-order valence-corrected chi connectivity index (χ0v) is 10.3. The lowest BCUT2D eigenvalue weighted by molar-refractivity contribution is 0.393. The van der Waals surface area contributed by atoms with Gasteiger partial charge in [0.1, 0.15) is 5.76 Å².